The summed E-state index contributed by atoms with van der Waals surface area (Å²) in [6.07, 6.45) is -3.13. The number of piperidine rings is 1. The third-order valence-corrected chi connectivity index (χ3v) is 3.69. The van der Waals surface area contributed by atoms with Crippen molar-refractivity contribution in [1.29, 1.82) is 0 Å². The molecule has 1 fully saturated rings. The van der Waals surface area contributed by atoms with Gasteiger partial charge >= 0.3 is 12.1 Å². The highest BCUT2D eigenvalue weighted by Crippen LogP contribution is 2.35. The SMILES string of the molecule is O=C(O)C(c1cccc(C(F)(F)F)c1)C1CCNCC1. The highest BCUT2D eigenvalue weighted by atomic mass is 19.4. The Hall–Kier alpha value is -1.56. The van der Waals surface area contributed by atoms with E-state index in [1.54, 1.807) is 0 Å². The van der Waals surface area contributed by atoms with Gasteiger partial charge in [-0.3, -0.25) is 4.79 Å². The van der Waals surface area contributed by atoms with E-state index in [0.29, 0.717) is 25.9 Å². The van der Waals surface area contributed by atoms with Crippen LogP contribution in [0.25, 0.3) is 0 Å². The van der Waals surface area contributed by atoms with Crippen LogP contribution in [-0.2, 0) is 11.0 Å². The monoisotopic (exact) mass is 287 g/mol. The molecule has 1 aromatic carbocycles. The minimum Gasteiger partial charge on any atom is -0.481 e. The maximum Gasteiger partial charge on any atom is 0.416 e. The predicted molar refractivity (Wildman–Crippen MR) is 67.4 cm³/mol. The van der Waals surface area contributed by atoms with E-state index in [1.807, 2.05) is 0 Å². The molecule has 110 valence electrons. The van der Waals surface area contributed by atoms with Crippen molar-refractivity contribution in [3.05, 3.63) is 35.4 Å². The van der Waals surface area contributed by atoms with Crippen molar-refractivity contribution in [3.63, 3.8) is 0 Å². The molecule has 1 atom stereocenters. The fraction of sp³-hybridized carbons (Fsp3) is 0.500. The molecule has 6 heteroatoms. The molecular formula is C14H16F3NO2. The fourth-order valence-electron chi connectivity index (χ4n) is 2.70. The molecule has 0 amide bonds. The van der Waals surface area contributed by atoms with Gasteiger partial charge in [-0.25, -0.2) is 0 Å². The van der Waals surface area contributed by atoms with Crippen molar-refractivity contribution in [1.82, 2.24) is 5.32 Å². The first-order valence-electron chi connectivity index (χ1n) is 6.50. The number of hydrogen-bond donors (Lipinski definition) is 2. The molecule has 0 aromatic heterocycles. The van der Waals surface area contributed by atoms with Crippen LogP contribution >= 0.6 is 0 Å². The molecule has 0 spiro atoms. The molecule has 0 aliphatic carbocycles. The molecule has 3 nitrogen and oxygen atoms in total. The number of aliphatic carboxylic acids is 1. The quantitative estimate of drug-likeness (QED) is 0.898. The normalized spacial score (nSPS) is 18.8. The number of carboxylic acids is 1. The van der Waals surface area contributed by atoms with Gasteiger partial charge in [-0.05, 0) is 43.5 Å². The zero-order chi connectivity index (χ0) is 14.8. The van der Waals surface area contributed by atoms with Crippen molar-refractivity contribution >= 4 is 5.97 Å². The Balaban J connectivity index is 2.32. The standard InChI is InChI=1S/C14H16F3NO2/c15-14(16,17)11-3-1-2-10(8-11)12(13(19)20)9-4-6-18-7-5-9/h1-3,8-9,12,18H,4-7H2,(H,19,20). The van der Waals surface area contributed by atoms with E-state index >= 15 is 0 Å². The van der Waals surface area contributed by atoms with Crippen molar-refractivity contribution in [3.8, 4) is 0 Å². The minimum atomic E-state index is -4.45. The third kappa shape index (κ3) is 3.30. The molecule has 1 saturated heterocycles. The summed E-state index contributed by atoms with van der Waals surface area (Å²) in [5.41, 5.74) is -0.561. The van der Waals surface area contributed by atoms with Gasteiger partial charge < -0.3 is 10.4 Å². The number of hydrogen-bond acceptors (Lipinski definition) is 2. The van der Waals surface area contributed by atoms with Crippen LogP contribution in [0.3, 0.4) is 0 Å². The molecular weight excluding hydrogens is 271 g/mol. The zero-order valence-electron chi connectivity index (χ0n) is 10.8. The van der Waals surface area contributed by atoms with E-state index in [4.69, 9.17) is 0 Å². The number of rotatable bonds is 3. The van der Waals surface area contributed by atoms with Crippen molar-refractivity contribution in [2.75, 3.05) is 13.1 Å². The van der Waals surface area contributed by atoms with Gasteiger partial charge in [-0.1, -0.05) is 18.2 Å². The first-order chi connectivity index (χ1) is 9.39. The average molecular weight is 287 g/mol. The van der Waals surface area contributed by atoms with Gasteiger partial charge in [-0.15, -0.1) is 0 Å². The van der Waals surface area contributed by atoms with E-state index in [9.17, 15) is 23.1 Å². The van der Waals surface area contributed by atoms with E-state index < -0.39 is 23.6 Å². The molecule has 0 bridgehead atoms. The van der Waals surface area contributed by atoms with E-state index in [0.717, 1.165) is 12.1 Å². The summed E-state index contributed by atoms with van der Waals surface area (Å²) in [7, 11) is 0. The van der Waals surface area contributed by atoms with E-state index in [1.165, 1.54) is 12.1 Å². The Bertz CT molecular complexity index is 482. The van der Waals surface area contributed by atoms with Crippen LogP contribution in [0.15, 0.2) is 24.3 Å². The maximum atomic E-state index is 12.7. The molecule has 2 N–H and O–H groups in total. The number of benzene rings is 1. The largest absolute Gasteiger partial charge is 0.481 e. The minimum absolute atomic E-state index is 0.128. The fourth-order valence-corrected chi connectivity index (χ4v) is 2.70. The Morgan fingerprint density at radius 2 is 1.95 bits per heavy atom. The highest BCUT2D eigenvalue weighted by Gasteiger charge is 2.34. The average Bonchev–Trinajstić information content (AvgIpc) is 2.39. The van der Waals surface area contributed by atoms with Gasteiger partial charge in [0.05, 0.1) is 11.5 Å². The predicted octanol–water partition coefficient (Wildman–Crippen LogP) is 2.87. The van der Waals surface area contributed by atoms with E-state index in [-0.39, 0.29) is 11.5 Å². The Morgan fingerprint density at radius 1 is 1.30 bits per heavy atom. The zero-order valence-corrected chi connectivity index (χ0v) is 10.8. The number of alkyl halides is 3. The molecule has 1 unspecified atom stereocenters. The molecule has 1 aliphatic rings. The van der Waals surface area contributed by atoms with Gasteiger partial charge in [0.2, 0.25) is 0 Å². The Labute approximate surface area is 114 Å². The lowest BCUT2D eigenvalue weighted by Gasteiger charge is -2.28. The topological polar surface area (TPSA) is 49.3 Å². The second-order valence-corrected chi connectivity index (χ2v) is 5.03. The molecule has 1 aromatic rings. The lowest BCUT2D eigenvalue weighted by Crippen LogP contribution is -2.33. The summed E-state index contributed by atoms with van der Waals surface area (Å²) in [5.74, 6) is -2.06. The van der Waals surface area contributed by atoms with Crippen LogP contribution in [0, 0.1) is 5.92 Å². The van der Waals surface area contributed by atoms with Gasteiger partial charge in [0.1, 0.15) is 0 Å². The van der Waals surface area contributed by atoms with Crippen LogP contribution in [0.1, 0.15) is 29.9 Å². The van der Waals surface area contributed by atoms with Crippen molar-refractivity contribution < 1.29 is 23.1 Å². The molecule has 1 heterocycles. The highest BCUT2D eigenvalue weighted by molar-refractivity contribution is 5.76. The summed E-state index contributed by atoms with van der Waals surface area (Å²) >= 11 is 0. The lowest BCUT2D eigenvalue weighted by atomic mass is 9.80. The number of carboxylic acid groups (broad SMARTS) is 1. The van der Waals surface area contributed by atoms with Crippen LogP contribution in [-0.4, -0.2) is 24.2 Å². The van der Waals surface area contributed by atoms with Crippen molar-refractivity contribution in [2.24, 2.45) is 5.92 Å². The smallest absolute Gasteiger partial charge is 0.416 e. The number of halogens is 3. The van der Waals surface area contributed by atoms with Gasteiger partial charge in [0.15, 0.2) is 0 Å². The molecule has 2 rings (SSSR count). The molecule has 20 heavy (non-hydrogen) atoms. The lowest BCUT2D eigenvalue weighted by molar-refractivity contribution is -0.141. The van der Waals surface area contributed by atoms with E-state index in [2.05, 4.69) is 5.32 Å². The summed E-state index contributed by atoms with van der Waals surface area (Å²) in [4.78, 5) is 11.5. The Kier molecular flexibility index (Phi) is 4.32. The number of carbonyl (C=O) groups is 1. The second kappa shape index (κ2) is 5.83. The first-order valence-corrected chi connectivity index (χ1v) is 6.50. The summed E-state index contributed by atoms with van der Waals surface area (Å²) in [6, 6.07) is 4.66. The second-order valence-electron chi connectivity index (χ2n) is 5.03. The number of nitrogens with one attached hydrogen (secondary N) is 1. The Morgan fingerprint density at radius 3 is 2.50 bits per heavy atom. The van der Waals surface area contributed by atoms with Crippen LogP contribution < -0.4 is 5.32 Å². The van der Waals surface area contributed by atoms with Crippen LogP contribution in [0.5, 0.6) is 0 Å². The summed E-state index contributed by atoms with van der Waals surface area (Å²) < 4.78 is 38.2. The first kappa shape index (κ1) is 14.8. The molecule has 0 radical (unpaired) electrons. The van der Waals surface area contributed by atoms with Gasteiger partial charge in [0, 0.05) is 0 Å². The van der Waals surface area contributed by atoms with Crippen LogP contribution in [0.4, 0.5) is 13.2 Å². The maximum absolute atomic E-state index is 12.7. The summed E-state index contributed by atoms with van der Waals surface area (Å²) in [6.45, 7) is 1.40. The summed E-state index contributed by atoms with van der Waals surface area (Å²) in [5, 5.41) is 12.5. The molecule has 0 saturated carbocycles. The third-order valence-electron chi connectivity index (χ3n) is 3.69. The molecule has 1 aliphatic heterocycles. The van der Waals surface area contributed by atoms with Gasteiger partial charge in [-0.2, -0.15) is 13.2 Å². The van der Waals surface area contributed by atoms with Crippen molar-refractivity contribution in [2.45, 2.75) is 24.9 Å². The van der Waals surface area contributed by atoms with Crippen LogP contribution in [0.2, 0.25) is 0 Å². The van der Waals surface area contributed by atoms with Gasteiger partial charge in [0.25, 0.3) is 0 Å².